The second kappa shape index (κ2) is 5.45. The lowest BCUT2D eigenvalue weighted by Crippen LogP contribution is -2.42. The summed E-state index contributed by atoms with van der Waals surface area (Å²) >= 11 is 1.74. The average molecular weight is 277 g/mol. The number of nitrogens with zero attached hydrogens (tertiary/aromatic N) is 2. The van der Waals surface area contributed by atoms with Crippen molar-refractivity contribution in [2.75, 3.05) is 26.2 Å². The number of rotatable bonds is 3. The Balaban J connectivity index is 1.74. The van der Waals surface area contributed by atoms with Gasteiger partial charge in [-0.2, -0.15) is 0 Å². The number of thiazole rings is 1. The zero-order valence-corrected chi connectivity index (χ0v) is 12.2. The van der Waals surface area contributed by atoms with E-state index in [1.807, 2.05) is 13.8 Å². The largest absolute Gasteiger partial charge is 0.466 e. The fraction of sp³-hybridized carbons (Fsp3) is 0.500. The van der Waals surface area contributed by atoms with E-state index in [9.17, 15) is 0 Å². The number of aromatic nitrogens is 1. The Bertz CT molecular complexity index is 555. The normalized spacial score (nSPS) is 16.9. The van der Waals surface area contributed by atoms with Gasteiger partial charge in [0.15, 0.2) is 0 Å². The molecule has 1 fully saturated rings. The van der Waals surface area contributed by atoms with Gasteiger partial charge in [0.1, 0.15) is 16.5 Å². The maximum Gasteiger partial charge on any atom is 0.110 e. The Hall–Kier alpha value is -1.17. The van der Waals surface area contributed by atoms with E-state index in [4.69, 9.17) is 9.40 Å². The van der Waals surface area contributed by atoms with Crippen molar-refractivity contribution in [2.45, 2.75) is 20.4 Å². The maximum absolute atomic E-state index is 5.57. The summed E-state index contributed by atoms with van der Waals surface area (Å²) in [5.41, 5.74) is 2.17. The molecule has 19 heavy (non-hydrogen) atoms. The fourth-order valence-corrected chi connectivity index (χ4v) is 3.29. The Labute approximate surface area is 117 Å². The fourth-order valence-electron chi connectivity index (χ4n) is 2.45. The Morgan fingerprint density at radius 3 is 2.84 bits per heavy atom. The van der Waals surface area contributed by atoms with E-state index in [2.05, 4.69) is 21.7 Å². The number of nitrogens with one attached hydrogen (secondary N) is 1. The van der Waals surface area contributed by atoms with Gasteiger partial charge in [0.2, 0.25) is 0 Å². The molecule has 0 amide bonds. The molecule has 0 aliphatic carbocycles. The molecule has 5 heteroatoms. The first-order chi connectivity index (χ1) is 9.22. The lowest BCUT2D eigenvalue weighted by molar-refractivity contribution is 0.233. The molecule has 1 N–H and O–H groups in total. The van der Waals surface area contributed by atoms with Crippen LogP contribution in [-0.4, -0.2) is 36.1 Å². The second-order valence-corrected chi connectivity index (χ2v) is 5.92. The smallest absolute Gasteiger partial charge is 0.110 e. The van der Waals surface area contributed by atoms with Crippen LogP contribution in [0.1, 0.15) is 16.5 Å². The SMILES string of the molecule is Cc1cc(-c2csc(CN3CCNCC3)n2)c(C)o1. The van der Waals surface area contributed by atoms with Gasteiger partial charge in [-0.25, -0.2) is 4.98 Å². The summed E-state index contributed by atoms with van der Waals surface area (Å²) in [5, 5.41) is 6.69. The summed E-state index contributed by atoms with van der Waals surface area (Å²) in [6, 6.07) is 2.07. The topological polar surface area (TPSA) is 41.3 Å². The maximum atomic E-state index is 5.57. The van der Waals surface area contributed by atoms with Crippen LogP contribution in [0.15, 0.2) is 15.9 Å². The van der Waals surface area contributed by atoms with Crippen LogP contribution in [0.4, 0.5) is 0 Å². The summed E-state index contributed by atoms with van der Waals surface area (Å²) in [7, 11) is 0. The molecule has 102 valence electrons. The van der Waals surface area contributed by atoms with Crippen molar-refractivity contribution in [3.8, 4) is 11.3 Å². The van der Waals surface area contributed by atoms with Gasteiger partial charge in [0, 0.05) is 37.1 Å². The number of hydrogen-bond acceptors (Lipinski definition) is 5. The highest BCUT2D eigenvalue weighted by molar-refractivity contribution is 7.09. The minimum absolute atomic E-state index is 0.948. The first-order valence-corrected chi connectivity index (χ1v) is 7.55. The van der Waals surface area contributed by atoms with Gasteiger partial charge in [-0.05, 0) is 19.9 Å². The molecule has 2 aromatic rings. The summed E-state index contributed by atoms with van der Waals surface area (Å²) in [4.78, 5) is 7.20. The van der Waals surface area contributed by atoms with Crippen LogP contribution in [0, 0.1) is 13.8 Å². The van der Waals surface area contributed by atoms with Crippen LogP contribution in [-0.2, 0) is 6.54 Å². The van der Waals surface area contributed by atoms with Crippen molar-refractivity contribution in [1.82, 2.24) is 15.2 Å². The Morgan fingerprint density at radius 1 is 1.37 bits per heavy atom. The predicted octanol–water partition coefficient (Wildman–Crippen LogP) is 2.43. The summed E-state index contributed by atoms with van der Waals surface area (Å²) in [6.07, 6.45) is 0. The average Bonchev–Trinajstić information content (AvgIpc) is 2.97. The predicted molar refractivity (Wildman–Crippen MR) is 77.4 cm³/mol. The first-order valence-electron chi connectivity index (χ1n) is 6.67. The Kier molecular flexibility index (Phi) is 3.68. The van der Waals surface area contributed by atoms with Crippen molar-refractivity contribution in [3.63, 3.8) is 0 Å². The number of hydrogen-bond donors (Lipinski definition) is 1. The quantitative estimate of drug-likeness (QED) is 0.935. The zero-order chi connectivity index (χ0) is 13.2. The minimum atomic E-state index is 0.948. The summed E-state index contributed by atoms with van der Waals surface area (Å²) < 4.78 is 5.57. The van der Waals surface area contributed by atoms with E-state index >= 15 is 0 Å². The molecule has 0 aromatic carbocycles. The van der Waals surface area contributed by atoms with Crippen molar-refractivity contribution < 1.29 is 4.42 Å². The molecule has 0 unspecified atom stereocenters. The highest BCUT2D eigenvalue weighted by Crippen LogP contribution is 2.28. The highest BCUT2D eigenvalue weighted by Gasteiger charge is 2.14. The van der Waals surface area contributed by atoms with Gasteiger partial charge >= 0.3 is 0 Å². The van der Waals surface area contributed by atoms with Crippen molar-refractivity contribution in [3.05, 3.63) is 28.0 Å². The second-order valence-electron chi connectivity index (χ2n) is 4.98. The van der Waals surface area contributed by atoms with Gasteiger partial charge < -0.3 is 9.73 Å². The van der Waals surface area contributed by atoms with Gasteiger partial charge in [-0.1, -0.05) is 0 Å². The number of aryl methyl sites for hydroxylation is 2. The van der Waals surface area contributed by atoms with Crippen molar-refractivity contribution >= 4 is 11.3 Å². The van der Waals surface area contributed by atoms with Gasteiger partial charge in [-0.3, -0.25) is 4.90 Å². The molecular weight excluding hydrogens is 258 g/mol. The molecule has 0 spiro atoms. The molecule has 1 aliphatic rings. The van der Waals surface area contributed by atoms with Crippen LogP contribution in [0.5, 0.6) is 0 Å². The molecule has 1 saturated heterocycles. The van der Waals surface area contributed by atoms with Crippen LogP contribution in [0.3, 0.4) is 0 Å². The van der Waals surface area contributed by atoms with Gasteiger partial charge in [-0.15, -0.1) is 11.3 Å². The standard InChI is InChI=1S/C14H19N3OS/c1-10-7-12(11(2)18-10)13-9-19-14(16-13)8-17-5-3-15-4-6-17/h7,9,15H,3-6,8H2,1-2H3. The molecule has 0 atom stereocenters. The number of piperazine rings is 1. The monoisotopic (exact) mass is 277 g/mol. The molecule has 0 radical (unpaired) electrons. The molecule has 0 bridgehead atoms. The first kappa shape index (κ1) is 12.8. The van der Waals surface area contributed by atoms with E-state index < -0.39 is 0 Å². The van der Waals surface area contributed by atoms with E-state index in [0.29, 0.717) is 0 Å². The molecule has 2 aromatic heterocycles. The van der Waals surface area contributed by atoms with E-state index in [1.54, 1.807) is 11.3 Å². The Morgan fingerprint density at radius 2 is 2.16 bits per heavy atom. The van der Waals surface area contributed by atoms with E-state index in [1.165, 1.54) is 5.01 Å². The lowest BCUT2D eigenvalue weighted by Gasteiger charge is -2.26. The molecule has 1 aliphatic heterocycles. The summed E-state index contributed by atoms with van der Waals surface area (Å²) in [6.45, 7) is 9.32. The third-order valence-corrected chi connectivity index (χ3v) is 4.27. The van der Waals surface area contributed by atoms with Gasteiger partial charge in [0.25, 0.3) is 0 Å². The molecule has 3 heterocycles. The van der Waals surface area contributed by atoms with E-state index in [-0.39, 0.29) is 0 Å². The molecule has 0 saturated carbocycles. The highest BCUT2D eigenvalue weighted by atomic mass is 32.1. The lowest BCUT2D eigenvalue weighted by atomic mass is 10.2. The molecule has 4 nitrogen and oxygen atoms in total. The van der Waals surface area contributed by atoms with Crippen LogP contribution in [0.25, 0.3) is 11.3 Å². The number of furan rings is 1. The minimum Gasteiger partial charge on any atom is -0.466 e. The van der Waals surface area contributed by atoms with Gasteiger partial charge in [0.05, 0.1) is 12.2 Å². The molecular formula is C14H19N3OS. The van der Waals surface area contributed by atoms with Crippen LogP contribution >= 0.6 is 11.3 Å². The summed E-state index contributed by atoms with van der Waals surface area (Å²) in [5.74, 6) is 1.90. The molecule has 3 rings (SSSR count). The van der Waals surface area contributed by atoms with Crippen molar-refractivity contribution in [1.29, 1.82) is 0 Å². The zero-order valence-electron chi connectivity index (χ0n) is 11.4. The van der Waals surface area contributed by atoms with Crippen LogP contribution in [0.2, 0.25) is 0 Å². The van der Waals surface area contributed by atoms with Crippen molar-refractivity contribution in [2.24, 2.45) is 0 Å². The van der Waals surface area contributed by atoms with E-state index in [0.717, 1.165) is 55.5 Å². The third kappa shape index (κ3) is 2.88. The van der Waals surface area contributed by atoms with Crippen LogP contribution < -0.4 is 5.32 Å². The third-order valence-electron chi connectivity index (χ3n) is 3.44.